The molecule has 0 saturated carbocycles. The summed E-state index contributed by atoms with van der Waals surface area (Å²) in [7, 11) is 1.69. The SMILES string of the molecule is COc1cc(C)c(-c2cc[c]nc2)c(C)c1.[Cl-].[Zn]. The predicted molar refractivity (Wildman–Crippen MR) is 64.5 cm³/mol. The first kappa shape index (κ1) is 17.1. The molecule has 0 fully saturated rings. The van der Waals surface area contributed by atoms with Crippen LogP contribution in [0.2, 0.25) is 0 Å². The van der Waals surface area contributed by atoms with Crippen LogP contribution in [-0.4, -0.2) is 12.1 Å². The van der Waals surface area contributed by atoms with Gasteiger partial charge in [-0.15, -0.1) is 0 Å². The number of hydrogen-bond acceptors (Lipinski definition) is 2. The molecule has 1 aromatic carbocycles. The van der Waals surface area contributed by atoms with E-state index in [-0.39, 0.29) is 31.9 Å². The molecule has 0 bridgehead atoms. The van der Waals surface area contributed by atoms with E-state index in [9.17, 15) is 0 Å². The number of aryl methyl sites for hydroxylation is 2. The molecular weight excluding hydrogens is 299 g/mol. The number of nitrogens with zero attached hydrogens (tertiary/aromatic N) is 1. The fourth-order valence-corrected chi connectivity index (χ4v) is 1.96. The van der Waals surface area contributed by atoms with Gasteiger partial charge < -0.3 is 17.1 Å². The molecule has 0 unspecified atom stereocenters. The molecule has 0 atom stereocenters. The minimum atomic E-state index is 0. The number of aromatic nitrogens is 1. The Morgan fingerprint density at radius 1 is 1.17 bits per heavy atom. The Morgan fingerprint density at radius 3 is 2.22 bits per heavy atom. The fourth-order valence-electron chi connectivity index (χ4n) is 1.96. The van der Waals surface area contributed by atoms with Crippen LogP contribution in [0, 0.1) is 20.0 Å². The summed E-state index contributed by atoms with van der Waals surface area (Å²) in [6.07, 6.45) is 4.62. The van der Waals surface area contributed by atoms with E-state index in [4.69, 9.17) is 4.74 Å². The third-order valence-corrected chi connectivity index (χ3v) is 2.65. The van der Waals surface area contributed by atoms with E-state index in [1.807, 2.05) is 30.5 Å². The molecule has 1 heterocycles. The van der Waals surface area contributed by atoms with Crippen LogP contribution in [-0.2, 0) is 19.5 Å². The second kappa shape index (κ2) is 7.50. The van der Waals surface area contributed by atoms with Gasteiger partial charge in [-0.25, -0.2) is 0 Å². The molecule has 0 amide bonds. The van der Waals surface area contributed by atoms with Gasteiger partial charge in [0, 0.05) is 31.2 Å². The number of methoxy groups -OCH3 is 1. The maximum atomic E-state index is 5.24. The van der Waals surface area contributed by atoms with E-state index in [2.05, 4.69) is 25.0 Å². The molecule has 4 heteroatoms. The van der Waals surface area contributed by atoms with Crippen LogP contribution in [0.1, 0.15) is 11.1 Å². The maximum Gasteiger partial charge on any atom is 0.119 e. The van der Waals surface area contributed by atoms with Crippen LogP contribution < -0.4 is 17.1 Å². The van der Waals surface area contributed by atoms with Crippen molar-refractivity contribution in [2.75, 3.05) is 7.11 Å². The Hall–Kier alpha value is -0.917. The molecule has 1 radical (unpaired) electrons. The smallest absolute Gasteiger partial charge is 0.119 e. The monoisotopic (exact) mass is 311 g/mol. The van der Waals surface area contributed by atoms with Gasteiger partial charge in [0.2, 0.25) is 0 Å². The van der Waals surface area contributed by atoms with E-state index < -0.39 is 0 Å². The molecule has 1 aromatic heterocycles. The quantitative estimate of drug-likeness (QED) is 0.738. The first-order valence-electron chi connectivity index (χ1n) is 5.20. The van der Waals surface area contributed by atoms with E-state index in [1.165, 1.54) is 16.7 Å². The summed E-state index contributed by atoms with van der Waals surface area (Å²) in [5.74, 6) is 0.897. The summed E-state index contributed by atoms with van der Waals surface area (Å²) < 4.78 is 5.24. The predicted octanol–water partition coefficient (Wildman–Crippen LogP) is 0.176. The average molecular weight is 313 g/mol. The zero-order valence-corrected chi connectivity index (χ0v) is 14.6. The molecular formula is C14H14ClNOZn-. The van der Waals surface area contributed by atoms with Crippen LogP contribution in [0.4, 0.5) is 0 Å². The second-order valence-electron chi connectivity index (χ2n) is 3.81. The number of hydrogen-bond donors (Lipinski definition) is 0. The summed E-state index contributed by atoms with van der Waals surface area (Å²) in [6, 6.07) is 7.94. The molecule has 0 aliphatic rings. The van der Waals surface area contributed by atoms with E-state index in [1.54, 1.807) is 7.11 Å². The van der Waals surface area contributed by atoms with Gasteiger partial charge in [-0.1, -0.05) is 6.07 Å². The van der Waals surface area contributed by atoms with Gasteiger partial charge in [0.25, 0.3) is 0 Å². The zero-order valence-electron chi connectivity index (χ0n) is 10.8. The number of halogens is 1. The molecule has 0 aliphatic heterocycles. The largest absolute Gasteiger partial charge is 1.00 e. The summed E-state index contributed by atoms with van der Waals surface area (Å²) in [5.41, 5.74) is 4.74. The summed E-state index contributed by atoms with van der Waals surface area (Å²) in [6.45, 7) is 4.17. The van der Waals surface area contributed by atoms with Crippen molar-refractivity contribution in [2.24, 2.45) is 0 Å². The Balaban J connectivity index is 0.00000144. The number of rotatable bonds is 2. The topological polar surface area (TPSA) is 22.1 Å². The first-order valence-corrected chi connectivity index (χ1v) is 5.20. The van der Waals surface area contributed by atoms with Crippen LogP contribution in [0.15, 0.2) is 30.5 Å². The minimum Gasteiger partial charge on any atom is -1.00 e. The standard InChI is InChI=1S/C14H14NO.ClH.Zn/c1-10-7-13(16-3)8-11(2)14(10)12-5-4-6-15-9-12;;/h4-5,7-9H,1-3H3;1H;/p-1. The van der Waals surface area contributed by atoms with Crippen molar-refractivity contribution in [3.8, 4) is 16.9 Å². The molecule has 0 saturated heterocycles. The molecule has 2 aromatic rings. The van der Waals surface area contributed by atoms with Crippen LogP contribution in [0.3, 0.4) is 0 Å². The molecule has 2 nitrogen and oxygen atoms in total. The van der Waals surface area contributed by atoms with E-state index in [0.29, 0.717) is 0 Å². The minimum absolute atomic E-state index is 0. The van der Waals surface area contributed by atoms with Gasteiger partial charge in [-0.2, -0.15) is 0 Å². The fraction of sp³-hybridized carbons (Fsp3) is 0.214. The van der Waals surface area contributed by atoms with Crippen LogP contribution >= 0.6 is 0 Å². The average Bonchev–Trinajstić information content (AvgIpc) is 2.29. The summed E-state index contributed by atoms with van der Waals surface area (Å²) in [5, 5.41) is 0. The van der Waals surface area contributed by atoms with Crippen molar-refractivity contribution in [1.29, 1.82) is 0 Å². The van der Waals surface area contributed by atoms with Crippen LogP contribution in [0.5, 0.6) is 5.75 Å². The number of ether oxygens (including phenoxy) is 1. The Bertz CT molecular complexity index is 479. The number of pyridine rings is 1. The molecule has 18 heavy (non-hydrogen) atoms. The van der Waals surface area contributed by atoms with Gasteiger partial charge in [0.05, 0.1) is 13.3 Å². The Morgan fingerprint density at radius 2 is 1.78 bits per heavy atom. The van der Waals surface area contributed by atoms with Gasteiger partial charge >= 0.3 is 0 Å². The summed E-state index contributed by atoms with van der Waals surface area (Å²) >= 11 is 0. The van der Waals surface area contributed by atoms with E-state index in [0.717, 1.165) is 11.3 Å². The third-order valence-electron chi connectivity index (χ3n) is 2.65. The van der Waals surface area contributed by atoms with Gasteiger partial charge in [-0.05, 0) is 48.7 Å². The maximum absolute atomic E-state index is 5.24. The number of benzene rings is 1. The molecule has 2 rings (SSSR count). The first-order chi connectivity index (χ1) is 7.72. The Kier molecular flexibility index (Phi) is 7.12. The van der Waals surface area contributed by atoms with Crippen LogP contribution in [0.25, 0.3) is 11.1 Å². The third kappa shape index (κ3) is 3.54. The second-order valence-corrected chi connectivity index (χ2v) is 3.81. The summed E-state index contributed by atoms with van der Waals surface area (Å²) in [4.78, 5) is 4.03. The van der Waals surface area contributed by atoms with Crippen molar-refractivity contribution in [2.45, 2.75) is 13.8 Å². The van der Waals surface area contributed by atoms with Crippen molar-refractivity contribution in [3.63, 3.8) is 0 Å². The molecule has 0 aliphatic carbocycles. The van der Waals surface area contributed by atoms with Crippen molar-refractivity contribution >= 4 is 0 Å². The van der Waals surface area contributed by atoms with Gasteiger partial charge in [0.15, 0.2) is 0 Å². The van der Waals surface area contributed by atoms with Crippen molar-refractivity contribution in [1.82, 2.24) is 4.98 Å². The van der Waals surface area contributed by atoms with Gasteiger partial charge in [-0.3, -0.25) is 4.98 Å². The van der Waals surface area contributed by atoms with Crippen molar-refractivity contribution < 1.29 is 36.6 Å². The van der Waals surface area contributed by atoms with Crippen molar-refractivity contribution in [3.05, 3.63) is 47.8 Å². The zero-order chi connectivity index (χ0) is 11.5. The van der Waals surface area contributed by atoms with Gasteiger partial charge in [0.1, 0.15) is 5.75 Å². The Labute approximate surface area is 127 Å². The molecule has 0 N–H and O–H groups in total. The normalized spacial score (nSPS) is 9.06. The van der Waals surface area contributed by atoms with E-state index >= 15 is 0 Å². The molecule has 91 valence electrons. The molecule has 0 spiro atoms.